The summed E-state index contributed by atoms with van der Waals surface area (Å²) in [5, 5.41) is 0. The number of unbranched alkanes of at least 4 members (excludes halogenated alkanes) is 10. The molecule has 0 fully saturated rings. The molecule has 110 valence electrons. The SMILES string of the molecule is CCCCC=CCCCCCCCCCC=CC=O. The van der Waals surface area contributed by atoms with Crippen molar-refractivity contribution in [2.24, 2.45) is 0 Å². The Kier molecular flexibility index (Phi) is 16.4. The van der Waals surface area contributed by atoms with Crippen LogP contribution in [0.15, 0.2) is 24.3 Å². The van der Waals surface area contributed by atoms with Gasteiger partial charge in [-0.2, -0.15) is 0 Å². The van der Waals surface area contributed by atoms with E-state index in [1.807, 2.05) is 6.08 Å². The summed E-state index contributed by atoms with van der Waals surface area (Å²) >= 11 is 0. The summed E-state index contributed by atoms with van der Waals surface area (Å²) in [6.07, 6.45) is 24.7. The molecule has 0 rings (SSSR count). The maximum Gasteiger partial charge on any atom is 0.142 e. The van der Waals surface area contributed by atoms with E-state index in [0.29, 0.717) is 0 Å². The Labute approximate surface area is 120 Å². The van der Waals surface area contributed by atoms with Gasteiger partial charge in [-0.1, -0.05) is 70.1 Å². The van der Waals surface area contributed by atoms with Crippen LogP contribution in [-0.4, -0.2) is 6.29 Å². The number of hydrogen-bond acceptors (Lipinski definition) is 1. The van der Waals surface area contributed by atoms with Gasteiger partial charge in [0.2, 0.25) is 0 Å². The summed E-state index contributed by atoms with van der Waals surface area (Å²) in [7, 11) is 0. The average molecular weight is 264 g/mol. The number of carbonyl (C=O) groups excluding carboxylic acids is 1. The minimum atomic E-state index is 0.858. The highest BCUT2D eigenvalue weighted by atomic mass is 16.1. The molecule has 0 spiro atoms. The average Bonchev–Trinajstić information content (AvgIpc) is 2.43. The van der Waals surface area contributed by atoms with Crippen molar-refractivity contribution < 1.29 is 4.79 Å². The molecule has 0 atom stereocenters. The summed E-state index contributed by atoms with van der Waals surface area (Å²) in [5.74, 6) is 0. The second kappa shape index (κ2) is 17.2. The van der Waals surface area contributed by atoms with Gasteiger partial charge >= 0.3 is 0 Å². The topological polar surface area (TPSA) is 17.1 Å². The molecule has 0 aromatic rings. The Morgan fingerprint density at radius 1 is 0.632 bits per heavy atom. The molecule has 0 unspecified atom stereocenters. The fourth-order valence-electron chi connectivity index (χ4n) is 2.12. The first-order chi connectivity index (χ1) is 9.41. The van der Waals surface area contributed by atoms with Gasteiger partial charge in [0.1, 0.15) is 6.29 Å². The van der Waals surface area contributed by atoms with Crippen LogP contribution in [-0.2, 0) is 4.79 Å². The molecule has 0 bridgehead atoms. The first-order valence-corrected chi connectivity index (χ1v) is 8.17. The van der Waals surface area contributed by atoms with Crippen molar-refractivity contribution in [2.45, 2.75) is 84.0 Å². The molecular weight excluding hydrogens is 232 g/mol. The first-order valence-electron chi connectivity index (χ1n) is 8.17. The third-order valence-corrected chi connectivity index (χ3v) is 3.35. The maximum atomic E-state index is 10.0. The Hall–Kier alpha value is -0.850. The number of aldehydes is 1. The second-order valence-corrected chi connectivity index (χ2v) is 5.23. The number of rotatable bonds is 14. The van der Waals surface area contributed by atoms with Crippen molar-refractivity contribution >= 4 is 6.29 Å². The summed E-state index contributed by atoms with van der Waals surface area (Å²) in [5.41, 5.74) is 0. The zero-order valence-electron chi connectivity index (χ0n) is 12.8. The summed E-state index contributed by atoms with van der Waals surface area (Å²) < 4.78 is 0. The Morgan fingerprint density at radius 2 is 1.11 bits per heavy atom. The lowest BCUT2D eigenvalue weighted by molar-refractivity contribution is -0.104. The fourth-order valence-corrected chi connectivity index (χ4v) is 2.12. The normalized spacial score (nSPS) is 11.6. The summed E-state index contributed by atoms with van der Waals surface area (Å²) in [6.45, 7) is 2.24. The summed E-state index contributed by atoms with van der Waals surface area (Å²) in [6, 6.07) is 0. The minimum Gasteiger partial charge on any atom is -0.299 e. The smallest absolute Gasteiger partial charge is 0.142 e. The highest BCUT2D eigenvalue weighted by Gasteiger charge is 1.90. The van der Waals surface area contributed by atoms with Crippen LogP contribution in [0.5, 0.6) is 0 Å². The largest absolute Gasteiger partial charge is 0.299 e. The molecule has 1 heteroatoms. The fraction of sp³-hybridized carbons (Fsp3) is 0.722. The molecule has 0 heterocycles. The molecule has 0 N–H and O–H groups in total. The van der Waals surface area contributed by atoms with E-state index in [9.17, 15) is 4.79 Å². The van der Waals surface area contributed by atoms with Crippen LogP contribution >= 0.6 is 0 Å². The van der Waals surface area contributed by atoms with Crippen LogP contribution in [0.2, 0.25) is 0 Å². The van der Waals surface area contributed by atoms with Crippen molar-refractivity contribution in [2.75, 3.05) is 0 Å². The molecule has 0 radical (unpaired) electrons. The molecule has 1 nitrogen and oxygen atoms in total. The third kappa shape index (κ3) is 17.1. The monoisotopic (exact) mass is 264 g/mol. The van der Waals surface area contributed by atoms with Crippen LogP contribution in [0, 0.1) is 0 Å². The third-order valence-electron chi connectivity index (χ3n) is 3.35. The lowest BCUT2D eigenvalue weighted by Crippen LogP contribution is -1.80. The van der Waals surface area contributed by atoms with Crippen molar-refractivity contribution in [3.8, 4) is 0 Å². The lowest BCUT2D eigenvalue weighted by atomic mass is 10.1. The molecule has 0 aliphatic rings. The minimum absolute atomic E-state index is 0.858. The predicted octanol–water partition coefficient (Wildman–Crippen LogP) is 6.00. The quantitative estimate of drug-likeness (QED) is 0.163. The lowest BCUT2D eigenvalue weighted by Gasteiger charge is -2.00. The highest BCUT2D eigenvalue weighted by molar-refractivity contribution is 5.64. The van der Waals surface area contributed by atoms with Crippen molar-refractivity contribution in [3.63, 3.8) is 0 Å². The zero-order valence-corrected chi connectivity index (χ0v) is 12.8. The highest BCUT2D eigenvalue weighted by Crippen LogP contribution is 2.10. The van der Waals surface area contributed by atoms with E-state index < -0.39 is 0 Å². The zero-order chi connectivity index (χ0) is 14.0. The van der Waals surface area contributed by atoms with Gasteiger partial charge in [0.25, 0.3) is 0 Å². The van der Waals surface area contributed by atoms with Gasteiger partial charge in [0, 0.05) is 0 Å². The van der Waals surface area contributed by atoms with Crippen molar-refractivity contribution in [1.82, 2.24) is 0 Å². The molecule has 0 saturated carbocycles. The van der Waals surface area contributed by atoms with E-state index in [-0.39, 0.29) is 0 Å². The maximum absolute atomic E-state index is 10.0. The number of allylic oxidation sites excluding steroid dienone is 4. The van der Waals surface area contributed by atoms with E-state index in [1.54, 1.807) is 6.08 Å². The van der Waals surface area contributed by atoms with Crippen LogP contribution in [0.4, 0.5) is 0 Å². The van der Waals surface area contributed by atoms with Gasteiger partial charge in [-0.15, -0.1) is 0 Å². The molecule has 0 saturated heterocycles. The Balaban J connectivity index is 3.04. The van der Waals surface area contributed by atoms with Gasteiger partial charge in [0.15, 0.2) is 0 Å². The van der Waals surface area contributed by atoms with E-state index in [2.05, 4.69) is 19.1 Å². The van der Waals surface area contributed by atoms with Gasteiger partial charge < -0.3 is 0 Å². The van der Waals surface area contributed by atoms with Gasteiger partial charge in [0.05, 0.1) is 0 Å². The van der Waals surface area contributed by atoms with Crippen LogP contribution in [0.1, 0.15) is 84.0 Å². The standard InChI is InChI=1S/C18H32O/c1-2-3-4-5-6-7-8-9-10-11-12-13-14-15-16-17-18-19/h5-6,16-18H,2-4,7-15H2,1H3. The van der Waals surface area contributed by atoms with E-state index >= 15 is 0 Å². The second-order valence-electron chi connectivity index (χ2n) is 5.23. The molecule has 0 aliphatic heterocycles. The summed E-state index contributed by atoms with van der Waals surface area (Å²) in [4.78, 5) is 10.0. The molecule has 19 heavy (non-hydrogen) atoms. The molecule has 0 amide bonds. The number of hydrogen-bond donors (Lipinski definition) is 0. The molecule has 0 aromatic heterocycles. The van der Waals surface area contributed by atoms with Gasteiger partial charge in [-0.3, -0.25) is 4.79 Å². The Bertz CT molecular complexity index is 228. The van der Waals surface area contributed by atoms with Crippen LogP contribution in [0.3, 0.4) is 0 Å². The number of carbonyl (C=O) groups is 1. The van der Waals surface area contributed by atoms with Crippen LogP contribution in [0.25, 0.3) is 0 Å². The molecule has 0 aromatic carbocycles. The van der Waals surface area contributed by atoms with E-state index in [4.69, 9.17) is 0 Å². The predicted molar refractivity (Wildman–Crippen MR) is 85.4 cm³/mol. The van der Waals surface area contributed by atoms with Crippen LogP contribution < -0.4 is 0 Å². The Morgan fingerprint density at radius 3 is 1.63 bits per heavy atom. The first kappa shape index (κ1) is 18.1. The van der Waals surface area contributed by atoms with Gasteiger partial charge in [-0.25, -0.2) is 0 Å². The molecule has 0 aliphatic carbocycles. The van der Waals surface area contributed by atoms with Crippen molar-refractivity contribution in [3.05, 3.63) is 24.3 Å². The van der Waals surface area contributed by atoms with E-state index in [1.165, 1.54) is 70.6 Å². The van der Waals surface area contributed by atoms with Gasteiger partial charge in [-0.05, 0) is 38.2 Å². The molecular formula is C18H32O. The van der Waals surface area contributed by atoms with Crippen molar-refractivity contribution in [1.29, 1.82) is 0 Å². The van der Waals surface area contributed by atoms with E-state index in [0.717, 1.165) is 12.7 Å².